The van der Waals surface area contributed by atoms with E-state index in [1.54, 1.807) is 0 Å². The zero-order chi connectivity index (χ0) is 14.7. The number of aromatic nitrogens is 2. The summed E-state index contributed by atoms with van der Waals surface area (Å²) in [6, 6.07) is 11.5. The predicted molar refractivity (Wildman–Crippen MR) is 89.5 cm³/mol. The maximum atomic E-state index is 6.59. The first-order valence-electron chi connectivity index (χ1n) is 6.44. The molecule has 0 saturated carbocycles. The lowest BCUT2D eigenvalue weighted by Crippen LogP contribution is -2.30. The van der Waals surface area contributed by atoms with Gasteiger partial charge in [0.15, 0.2) is 0 Å². The molecular formula is C16H10Cl3N2+. The van der Waals surface area contributed by atoms with Crippen molar-refractivity contribution in [1.82, 2.24) is 4.98 Å². The summed E-state index contributed by atoms with van der Waals surface area (Å²) in [5, 5.41) is 4.13. The molecule has 4 rings (SSSR count). The number of aromatic amines is 1. The van der Waals surface area contributed by atoms with Crippen LogP contribution in [0.25, 0.3) is 32.8 Å². The Kier molecular flexibility index (Phi) is 2.83. The van der Waals surface area contributed by atoms with E-state index in [9.17, 15) is 0 Å². The van der Waals surface area contributed by atoms with E-state index in [2.05, 4.69) is 9.55 Å². The minimum absolute atomic E-state index is 0.691. The third-order valence-corrected chi connectivity index (χ3v) is 4.71. The average Bonchev–Trinajstić information content (AvgIpc) is 2.83. The molecule has 0 fully saturated rings. The fourth-order valence-corrected chi connectivity index (χ4v) is 3.52. The van der Waals surface area contributed by atoms with Crippen LogP contribution in [0.4, 0.5) is 0 Å². The number of pyridine rings is 1. The first-order valence-corrected chi connectivity index (χ1v) is 7.57. The minimum Gasteiger partial charge on any atom is -0.348 e. The van der Waals surface area contributed by atoms with Gasteiger partial charge in [0.2, 0.25) is 11.0 Å². The molecule has 2 nitrogen and oxygen atoms in total. The van der Waals surface area contributed by atoms with Crippen LogP contribution in [0, 0.1) is 0 Å². The molecule has 0 aliphatic carbocycles. The van der Waals surface area contributed by atoms with Gasteiger partial charge in [-0.3, -0.25) is 0 Å². The van der Waals surface area contributed by atoms with E-state index in [1.807, 2.05) is 43.4 Å². The van der Waals surface area contributed by atoms with Gasteiger partial charge in [0.25, 0.3) is 0 Å². The molecule has 0 saturated heterocycles. The summed E-state index contributed by atoms with van der Waals surface area (Å²) in [4.78, 5) is 3.36. The Morgan fingerprint density at radius 2 is 1.57 bits per heavy atom. The first kappa shape index (κ1) is 13.2. The Hall–Kier alpha value is -1.48. The zero-order valence-corrected chi connectivity index (χ0v) is 13.3. The third kappa shape index (κ3) is 1.83. The van der Waals surface area contributed by atoms with Gasteiger partial charge in [-0.25, -0.2) is 0 Å². The average molecular weight is 337 g/mol. The van der Waals surface area contributed by atoms with Gasteiger partial charge in [-0.05, 0) is 30.3 Å². The zero-order valence-electron chi connectivity index (χ0n) is 11.0. The molecule has 21 heavy (non-hydrogen) atoms. The van der Waals surface area contributed by atoms with Crippen molar-refractivity contribution in [3.8, 4) is 0 Å². The topological polar surface area (TPSA) is 19.7 Å². The molecular weight excluding hydrogens is 327 g/mol. The maximum Gasteiger partial charge on any atom is 0.240 e. The number of aryl methyl sites for hydroxylation is 1. The molecule has 0 bridgehead atoms. The summed E-state index contributed by atoms with van der Waals surface area (Å²) < 4.78 is 2.11. The van der Waals surface area contributed by atoms with Crippen molar-refractivity contribution in [2.75, 3.05) is 0 Å². The minimum atomic E-state index is 0.691. The van der Waals surface area contributed by atoms with Gasteiger partial charge >= 0.3 is 0 Å². The number of nitrogens with one attached hydrogen (secondary N) is 1. The molecule has 104 valence electrons. The molecule has 2 heterocycles. The van der Waals surface area contributed by atoms with E-state index in [1.165, 1.54) is 0 Å². The van der Waals surface area contributed by atoms with Gasteiger partial charge in [0, 0.05) is 16.1 Å². The number of fused-ring (bicyclic) bond motifs is 4. The number of rotatable bonds is 0. The lowest BCUT2D eigenvalue weighted by Gasteiger charge is -2.02. The Bertz CT molecular complexity index is 1030. The molecule has 0 unspecified atom stereocenters. The highest BCUT2D eigenvalue weighted by Gasteiger charge is 2.21. The molecule has 0 atom stereocenters. The molecule has 5 heteroatoms. The molecule has 0 spiro atoms. The molecule has 0 aliphatic heterocycles. The fourth-order valence-electron chi connectivity index (χ4n) is 2.89. The smallest absolute Gasteiger partial charge is 0.240 e. The Labute approximate surface area is 135 Å². The molecule has 4 aromatic rings. The highest BCUT2D eigenvalue weighted by atomic mass is 35.5. The number of hydrogen-bond acceptors (Lipinski definition) is 0. The highest BCUT2D eigenvalue weighted by Crippen LogP contribution is 2.34. The van der Waals surface area contributed by atoms with Crippen LogP contribution in [0.2, 0.25) is 15.1 Å². The van der Waals surface area contributed by atoms with Crippen molar-refractivity contribution in [3.05, 3.63) is 51.5 Å². The largest absolute Gasteiger partial charge is 0.348 e. The van der Waals surface area contributed by atoms with E-state index < -0.39 is 0 Å². The van der Waals surface area contributed by atoms with Gasteiger partial charge in [-0.2, -0.15) is 4.57 Å². The monoisotopic (exact) mass is 335 g/mol. The number of nitrogens with zero attached hydrogens (tertiary/aromatic N) is 1. The lowest BCUT2D eigenvalue weighted by atomic mass is 10.1. The van der Waals surface area contributed by atoms with Crippen molar-refractivity contribution >= 4 is 67.6 Å². The van der Waals surface area contributed by atoms with Crippen LogP contribution in [0.3, 0.4) is 0 Å². The Morgan fingerprint density at radius 1 is 0.905 bits per heavy atom. The molecule has 0 aliphatic rings. The molecule has 0 amide bonds. The van der Waals surface area contributed by atoms with Crippen LogP contribution >= 0.6 is 34.8 Å². The summed E-state index contributed by atoms with van der Waals surface area (Å²) in [5.41, 5.74) is 3.92. The van der Waals surface area contributed by atoms with E-state index >= 15 is 0 Å². The number of halogens is 3. The van der Waals surface area contributed by atoms with Crippen molar-refractivity contribution in [1.29, 1.82) is 0 Å². The van der Waals surface area contributed by atoms with Crippen LogP contribution in [0.15, 0.2) is 36.4 Å². The number of benzene rings is 2. The van der Waals surface area contributed by atoms with E-state index in [0.29, 0.717) is 15.1 Å². The summed E-state index contributed by atoms with van der Waals surface area (Å²) in [6.45, 7) is 0. The molecule has 0 radical (unpaired) electrons. The van der Waals surface area contributed by atoms with Crippen molar-refractivity contribution in [3.63, 3.8) is 0 Å². The molecule has 2 aromatic carbocycles. The normalized spacial score (nSPS) is 11.8. The second-order valence-electron chi connectivity index (χ2n) is 5.07. The van der Waals surface area contributed by atoms with E-state index in [0.717, 1.165) is 32.8 Å². The van der Waals surface area contributed by atoms with Gasteiger partial charge in [-0.15, -0.1) is 0 Å². The number of H-pyrrole nitrogens is 1. The van der Waals surface area contributed by atoms with Crippen molar-refractivity contribution < 1.29 is 4.57 Å². The highest BCUT2D eigenvalue weighted by molar-refractivity contribution is 6.41. The predicted octanol–water partition coefficient (Wildman–Crippen LogP) is 5.26. The summed E-state index contributed by atoms with van der Waals surface area (Å²) in [5.74, 6) is 0. The second kappa shape index (κ2) is 4.51. The van der Waals surface area contributed by atoms with Crippen LogP contribution in [0.5, 0.6) is 0 Å². The van der Waals surface area contributed by atoms with Crippen LogP contribution in [-0.4, -0.2) is 4.98 Å². The second-order valence-corrected chi connectivity index (χ2v) is 6.32. The fraction of sp³-hybridized carbons (Fsp3) is 0.0625. The molecule has 2 aromatic heterocycles. The van der Waals surface area contributed by atoms with Crippen LogP contribution in [-0.2, 0) is 7.05 Å². The van der Waals surface area contributed by atoms with Crippen molar-refractivity contribution in [2.24, 2.45) is 7.05 Å². The molecule has 1 N–H and O–H groups in total. The summed E-state index contributed by atoms with van der Waals surface area (Å²) >= 11 is 18.8. The van der Waals surface area contributed by atoms with Gasteiger partial charge in [-0.1, -0.05) is 34.8 Å². The maximum absolute atomic E-state index is 6.59. The van der Waals surface area contributed by atoms with Gasteiger partial charge in [0.05, 0.1) is 21.3 Å². The lowest BCUT2D eigenvalue weighted by molar-refractivity contribution is -0.616. The Balaban J connectivity index is 2.32. The van der Waals surface area contributed by atoms with Crippen LogP contribution < -0.4 is 4.57 Å². The SMILES string of the molecule is C[n+]1c2cc(Cl)ccc2c(Cl)c2[nH]c3cc(Cl)ccc3c21. The number of hydrogen-bond donors (Lipinski definition) is 1. The van der Waals surface area contributed by atoms with Gasteiger partial charge < -0.3 is 4.98 Å². The van der Waals surface area contributed by atoms with E-state index in [4.69, 9.17) is 34.8 Å². The van der Waals surface area contributed by atoms with Gasteiger partial charge in [0.1, 0.15) is 12.6 Å². The quantitative estimate of drug-likeness (QED) is 0.423. The van der Waals surface area contributed by atoms with Crippen LogP contribution in [0.1, 0.15) is 0 Å². The van der Waals surface area contributed by atoms with Crippen molar-refractivity contribution in [2.45, 2.75) is 0 Å². The third-order valence-electron chi connectivity index (χ3n) is 3.85. The summed E-state index contributed by atoms with van der Waals surface area (Å²) in [7, 11) is 2.01. The standard InChI is InChI=1S/C16H9Cl3N2/c1-21-13-7-9(18)3-5-11(13)14(19)15-16(21)10-4-2-8(17)6-12(10)20-15/h2-7H,1H3/p+1. The summed E-state index contributed by atoms with van der Waals surface area (Å²) in [6.07, 6.45) is 0. The Morgan fingerprint density at radius 3 is 2.33 bits per heavy atom. The van der Waals surface area contributed by atoms with E-state index in [-0.39, 0.29) is 0 Å². The first-order chi connectivity index (χ1) is 10.1.